The monoisotopic (exact) mass is 462 g/mol. The molecule has 0 aromatic heterocycles. The average molecular weight is 463 g/mol. The fourth-order valence-corrected chi connectivity index (χ4v) is 3.73. The highest BCUT2D eigenvalue weighted by Crippen LogP contribution is 2.40. The molecule has 0 saturated heterocycles. The molecule has 33 heavy (non-hydrogen) atoms. The first-order chi connectivity index (χ1) is 15.9. The van der Waals surface area contributed by atoms with E-state index in [0.29, 0.717) is 27.8 Å². The van der Waals surface area contributed by atoms with E-state index in [0.717, 1.165) is 11.1 Å². The molecule has 1 aliphatic heterocycles. The summed E-state index contributed by atoms with van der Waals surface area (Å²) in [6.45, 7) is 2.06. The van der Waals surface area contributed by atoms with Crippen molar-refractivity contribution in [3.8, 4) is 11.5 Å². The van der Waals surface area contributed by atoms with E-state index >= 15 is 0 Å². The Labute approximate surface area is 197 Å². The Balaban J connectivity index is 1.43. The Hall–Kier alpha value is -3.77. The molecule has 2 amide bonds. The van der Waals surface area contributed by atoms with Gasteiger partial charge >= 0.3 is 0 Å². The number of carbonyl (C=O) groups excluding carboxylic acids is 2. The van der Waals surface area contributed by atoms with Crippen molar-refractivity contribution in [2.45, 2.75) is 13.0 Å². The van der Waals surface area contributed by atoms with Gasteiger partial charge in [0.05, 0.1) is 11.1 Å². The van der Waals surface area contributed by atoms with Crippen LogP contribution in [-0.4, -0.2) is 30.6 Å². The minimum Gasteiger partial charge on any atom is -0.454 e. The Morgan fingerprint density at radius 3 is 2.64 bits per heavy atom. The number of hydrogen-bond donors (Lipinski definition) is 1. The molecule has 1 N–H and O–H groups in total. The van der Waals surface area contributed by atoms with Gasteiger partial charge in [-0.05, 0) is 60.5 Å². The SMILES string of the molecule is CC(c1cccc(NC(=O)c2ccccc2)c1)N(C)C(=O)/C=C/c1cc(Cl)c2c(c1)OCO2. The second kappa shape index (κ2) is 9.79. The minimum absolute atomic E-state index is 0.131. The Kier molecular flexibility index (Phi) is 6.66. The van der Waals surface area contributed by atoms with E-state index in [1.54, 1.807) is 42.3 Å². The van der Waals surface area contributed by atoms with E-state index in [1.165, 1.54) is 6.08 Å². The van der Waals surface area contributed by atoms with E-state index < -0.39 is 0 Å². The number of anilines is 1. The normalized spacial score (nSPS) is 13.1. The third-order valence-electron chi connectivity index (χ3n) is 5.46. The van der Waals surface area contributed by atoms with Crippen molar-refractivity contribution in [3.05, 3.63) is 94.5 Å². The molecule has 1 unspecified atom stereocenters. The third-order valence-corrected chi connectivity index (χ3v) is 5.74. The van der Waals surface area contributed by atoms with Crippen molar-refractivity contribution in [2.24, 2.45) is 0 Å². The van der Waals surface area contributed by atoms with Crippen LogP contribution in [0.15, 0.2) is 72.8 Å². The molecule has 3 aromatic rings. The standard InChI is InChI=1S/C26H23ClN2O4/c1-17(20-9-6-10-21(15-20)28-26(31)19-7-4-3-5-8-19)29(2)24(30)12-11-18-13-22(27)25-23(14-18)32-16-33-25/h3-15,17H,16H2,1-2H3,(H,28,31)/b12-11+. The van der Waals surface area contributed by atoms with Crippen LogP contribution in [0.3, 0.4) is 0 Å². The first-order valence-electron chi connectivity index (χ1n) is 10.4. The molecule has 4 rings (SSSR count). The highest BCUT2D eigenvalue weighted by atomic mass is 35.5. The van der Waals surface area contributed by atoms with Gasteiger partial charge in [-0.15, -0.1) is 0 Å². The fraction of sp³-hybridized carbons (Fsp3) is 0.154. The lowest BCUT2D eigenvalue weighted by atomic mass is 10.1. The van der Waals surface area contributed by atoms with Crippen LogP contribution in [0.25, 0.3) is 6.08 Å². The second-order valence-corrected chi connectivity index (χ2v) is 8.05. The molecule has 0 spiro atoms. The number of amides is 2. The van der Waals surface area contributed by atoms with Gasteiger partial charge in [-0.25, -0.2) is 0 Å². The lowest BCUT2D eigenvalue weighted by molar-refractivity contribution is -0.126. The van der Waals surface area contributed by atoms with Crippen molar-refractivity contribution in [1.82, 2.24) is 4.90 Å². The summed E-state index contributed by atoms with van der Waals surface area (Å²) in [6, 6.07) is 19.8. The van der Waals surface area contributed by atoms with Gasteiger partial charge in [0.1, 0.15) is 0 Å². The fourth-order valence-electron chi connectivity index (χ4n) is 3.45. The largest absolute Gasteiger partial charge is 0.454 e. The van der Waals surface area contributed by atoms with Crippen molar-refractivity contribution in [1.29, 1.82) is 0 Å². The predicted molar refractivity (Wildman–Crippen MR) is 129 cm³/mol. The zero-order valence-electron chi connectivity index (χ0n) is 18.2. The molecule has 1 heterocycles. The summed E-state index contributed by atoms with van der Waals surface area (Å²) in [7, 11) is 1.74. The molecule has 0 radical (unpaired) electrons. The first kappa shape index (κ1) is 22.4. The van der Waals surface area contributed by atoms with Gasteiger partial charge in [0, 0.05) is 24.4 Å². The molecule has 0 aliphatic carbocycles. The van der Waals surface area contributed by atoms with E-state index in [-0.39, 0.29) is 24.6 Å². The van der Waals surface area contributed by atoms with Crippen LogP contribution in [-0.2, 0) is 4.79 Å². The summed E-state index contributed by atoms with van der Waals surface area (Å²) >= 11 is 6.21. The summed E-state index contributed by atoms with van der Waals surface area (Å²) in [4.78, 5) is 26.8. The van der Waals surface area contributed by atoms with Gasteiger partial charge in [-0.2, -0.15) is 0 Å². The van der Waals surface area contributed by atoms with Gasteiger partial charge in [0.2, 0.25) is 12.7 Å². The molecule has 1 aliphatic rings. The lowest BCUT2D eigenvalue weighted by Gasteiger charge is -2.24. The molecular weight excluding hydrogens is 440 g/mol. The van der Waals surface area contributed by atoms with Crippen molar-refractivity contribution in [3.63, 3.8) is 0 Å². The number of carbonyl (C=O) groups is 2. The van der Waals surface area contributed by atoms with E-state index in [9.17, 15) is 9.59 Å². The minimum atomic E-state index is -0.212. The zero-order chi connectivity index (χ0) is 23.4. The van der Waals surface area contributed by atoms with E-state index in [4.69, 9.17) is 21.1 Å². The third kappa shape index (κ3) is 5.18. The van der Waals surface area contributed by atoms with Crippen LogP contribution in [0.5, 0.6) is 11.5 Å². The molecule has 0 fully saturated rings. The number of hydrogen-bond acceptors (Lipinski definition) is 4. The summed E-state index contributed by atoms with van der Waals surface area (Å²) in [5.41, 5.74) is 2.89. The summed E-state index contributed by atoms with van der Waals surface area (Å²) in [5, 5.41) is 3.34. The molecule has 6 nitrogen and oxygen atoms in total. The number of nitrogens with one attached hydrogen (secondary N) is 1. The smallest absolute Gasteiger partial charge is 0.255 e. The van der Waals surface area contributed by atoms with Crippen LogP contribution < -0.4 is 14.8 Å². The number of likely N-dealkylation sites (N-methyl/N-ethyl adjacent to an activating group) is 1. The number of rotatable bonds is 6. The molecule has 1 atom stereocenters. The number of nitrogens with zero attached hydrogens (tertiary/aromatic N) is 1. The van der Waals surface area contributed by atoms with Crippen LogP contribution >= 0.6 is 11.6 Å². The molecule has 7 heteroatoms. The van der Waals surface area contributed by atoms with Crippen LogP contribution in [0.1, 0.15) is 34.5 Å². The van der Waals surface area contributed by atoms with Crippen LogP contribution in [0.4, 0.5) is 5.69 Å². The number of ether oxygens (including phenoxy) is 2. The van der Waals surface area contributed by atoms with Crippen molar-refractivity contribution < 1.29 is 19.1 Å². The van der Waals surface area contributed by atoms with Gasteiger partial charge in [-0.3, -0.25) is 9.59 Å². The molecule has 0 bridgehead atoms. The van der Waals surface area contributed by atoms with Gasteiger partial charge in [-0.1, -0.05) is 41.9 Å². The van der Waals surface area contributed by atoms with Crippen molar-refractivity contribution in [2.75, 3.05) is 19.2 Å². The number of fused-ring (bicyclic) bond motifs is 1. The Bertz CT molecular complexity index is 1210. The molecule has 3 aromatic carbocycles. The highest BCUT2D eigenvalue weighted by Gasteiger charge is 2.19. The van der Waals surface area contributed by atoms with Gasteiger partial charge in [0.15, 0.2) is 11.5 Å². The maximum absolute atomic E-state index is 12.8. The van der Waals surface area contributed by atoms with Crippen molar-refractivity contribution >= 4 is 35.2 Å². The highest BCUT2D eigenvalue weighted by molar-refractivity contribution is 6.32. The van der Waals surface area contributed by atoms with Crippen LogP contribution in [0, 0.1) is 0 Å². The number of halogens is 1. The second-order valence-electron chi connectivity index (χ2n) is 7.64. The van der Waals surface area contributed by atoms with E-state index in [1.807, 2.05) is 49.4 Å². The van der Waals surface area contributed by atoms with E-state index in [2.05, 4.69) is 5.32 Å². The molecular formula is C26H23ClN2O4. The topological polar surface area (TPSA) is 67.9 Å². The lowest BCUT2D eigenvalue weighted by Crippen LogP contribution is -2.28. The first-order valence-corrected chi connectivity index (χ1v) is 10.8. The van der Waals surface area contributed by atoms with Gasteiger partial charge in [0.25, 0.3) is 5.91 Å². The van der Waals surface area contributed by atoms with Gasteiger partial charge < -0.3 is 19.7 Å². The van der Waals surface area contributed by atoms with Crippen LogP contribution in [0.2, 0.25) is 5.02 Å². The maximum Gasteiger partial charge on any atom is 0.255 e. The quantitative estimate of drug-likeness (QED) is 0.487. The summed E-state index contributed by atoms with van der Waals surface area (Å²) in [5.74, 6) is 0.723. The number of benzene rings is 3. The Morgan fingerprint density at radius 1 is 1.06 bits per heavy atom. The summed E-state index contributed by atoms with van der Waals surface area (Å²) in [6.07, 6.45) is 3.18. The maximum atomic E-state index is 12.8. The Morgan fingerprint density at radius 2 is 1.85 bits per heavy atom. The zero-order valence-corrected chi connectivity index (χ0v) is 19.0. The molecule has 168 valence electrons. The summed E-state index contributed by atoms with van der Waals surface area (Å²) < 4.78 is 10.7. The predicted octanol–water partition coefficient (Wildman–Crippen LogP) is 5.55. The average Bonchev–Trinajstić information content (AvgIpc) is 3.31. The molecule has 0 saturated carbocycles.